The van der Waals surface area contributed by atoms with Gasteiger partial charge in [-0.05, 0) is 68.3 Å². The molecule has 3 amide bonds. The van der Waals surface area contributed by atoms with Crippen LogP contribution in [0.5, 0.6) is 5.75 Å². The summed E-state index contributed by atoms with van der Waals surface area (Å²) < 4.78 is 5.35. The summed E-state index contributed by atoms with van der Waals surface area (Å²) in [6.45, 7) is 2.34. The van der Waals surface area contributed by atoms with Crippen LogP contribution >= 0.6 is 0 Å². The van der Waals surface area contributed by atoms with Crippen LogP contribution in [-0.4, -0.2) is 49.1 Å². The molecule has 0 bridgehead atoms. The first-order valence-electron chi connectivity index (χ1n) is 10.1. The van der Waals surface area contributed by atoms with E-state index in [1.54, 1.807) is 7.11 Å². The number of urea groups is 1. The first-order valence-corrected chi connectivity index (χ1v) is 10.1. The molecule has 0 aromatic heterocycles. The number of imide groups is 1. The Kier molecular flexibility index (Phi) is 5.08. The molecule has 2 N–H and O–H groups in total. The van der Waals surface area contributed by atoms with E-state index in [1.807, 2.05) is 24.3 Å². The molecule has 3 aliphatic rings. The number of hydrogen-bond donors (Lipinski definition) is 2. The molecule has 0 radical (unpaired) electrons. The molecule has 2 aliphatic heterocycles. The summed E-state index contributed by atoms with van der Waals surface area (Å²) in [4.78, 5) is 27.8. The van der Waals surface area contributed by atoms with Gasteiger partial charge in [-0.1, -0.05) is 18.6 Å². The van der Waals surface area contributed by atoms with E-state index in [-0.39, 0.29) is 17.9 Å². The lowest BCUT2D eigenvalue weighted by molar-refractivity contribution is -0.134. The molecule has 1 aliphatic carbocycles. The van der Waals surface area contributed by atoms with Crippen molar-refractivity contribution in [1.82, 2.24) is 15.5 Å². The van der Waals surface area contributed by atoms with E-state index in [2.05, 4.69) is 10.6 Å². The Morgan fingerprint density at radius 3 is 2.63 bits per heavy atom. The van der Waals surface area contributed by atoms with Gasteiger partial charge in [0.05, 0.1) is 7.11 Å². The summed E-state index contributed by atoms with van der Waals surface area (Å²) in [5.41, 5.74) is 0.182. The molecule has 0 spiro atoms. The number of amides is 3. The zero-order valence-corrected chi connectivity index (χ0v) is 16.0. The van der Waals surface area contributed by atoms with Gasteiger partial charge in [-0.2, -0.15) is 0 Å². The number of nitrogens with zero attached hydrogens (tertiary/aromatic N) is 1. The zero-order chi connectivity index (χ0) is 18.9. The smallest absolute Gasteiger partial charge is 0.325 e. The SMILES string of the molecule is COc1cccc(CC2(C3CCNCC3)NC(=O)N(CC3CCC3)C2=O)c1. The molecule has 1 unspecified atom stereocenters. The van der Waals surface area contributed by atoms with Crippen LogP contribution in [0.4, 0.5) is 4.79 Å². The topological polar surface area (TPSA) is 70.7 Å². The van der Waals surface area contributed by atoms with Crippen LogP contribution in [0.1, 0.15) is 37.7 Å². The number of nitrogens with one attached hydrogen (secondary N) is 2. The predicted octanol–water partition coefficient (Wildman–Crippen LogP) is 2.33. The average Bonchev–Trinajstić information content (AvgIpc) is 2.90. The second-order valence-corrected chi connectivity index (χ2v) is 8.17. The molecule has 1 saturated carbocycles. The highest BCUT2D eigenvalue weighted by Gasteiger charge is 2.55. The van der Waals surface area contributed by atoms with Crippen LogP contribution in [0.2, 0.25) is 0 Å². The Morgan fingerprint density at radius 1 is 1.19 bits per heavy atom. The average molecular weight is 371 g/mol. The van der Waals surface area contributed by atoms with Crippen molar-refractivity contribution in [3.05, 3.63) is 29.8 Å². The zero-order valence-electron chi connectivity index (χ0n) is 16.0. The fraction of sp³-hybridized carbons (Fsp3) is 0.619. The highest BCUT2D eigenvalue weighted by atomic mass is 16.5. The molecule has 2 heterocycles. The Hall–Kier alpha value is -2.08. The van der Waals surface area contributed by atoms with Crippen LogP contribution in [0.25, 0.3) is 0 Å². The van der Waals surface area contributed by atoms with Gasteiger partial charge in [0.15, 0.2) is 0 Å². The number of methoxy groups -OCH3 is 1. The van der Waals surface area contributed by atoms with Crippen molar-refractivity contribution in [2.45, 2.75) is 44.1 Å². The fourth-order valence-electron chi connectivity index (χ4n) is 4.70. The van der Waals surface area contributed by atoms with Crippen molar-refractivity contribution in [1.29, 1.82) is 0 Å². The maximum absolute atomic E-state index is 13.6. The standard InChI is InChI=1S/C21H29N3O3/c1-27-18-7-3-6-16(12-18)13-21(17-8-10-22-11-9-17)19(25)24(20(26)23-21)14-15-4-2-5-15/h3,6-7,12,15,17,22H,2,4-5,8-11,13-14H2,1H3,(H,23,26). The van der Waals surface area contributed by atoms with E-state index >= 15 is 0 Å². The molecule has 3 fully saturated rings. The second-order valence-electron chi connectivity index (χ2n) is 8.17. The predicted molar refractivity (Wildman–Crippen MR) is 103 cm³/mol. The molecular formula is C21H29N3O3. The van der Waals surface area contributed by atoms with Crippen molar-refractivity contribution in [2.24, 2.45) is 11.8 Å². The van der Waals surface area contributed by atoms with E-state index in [0.717, 1.165) is 50.1 Å². The molecule has 1 aromatic rings. The summed E-state index contributed by atoms with van der Waals surface area (Å²) in [6, 6.07) is 7.61. The maximum Gasteiger partial charge on any atom is 0.325 e. The minimum Gasteiger partial charge on any atom is -0.497 e. The van der Waals surface area contributed by atoms with Gasteiger partial charge in [-0.15, -0.1) is 0 Å². The highest BCUT2D eigenvalue weighted by molar-refractivity contribution is 6.07. The van der Waals surface area contributed by atoms with Crippen molar-refractivity contribution < 1.29 is 14.3 Å². The fourth-order valence-corrected chi connectivity index (χ4v) is 4.70. The summed E-state index contributed by atoms with van der Waals surface area (Å²) in [6.07, 6.45) is 5.75. The molecule has 1 atom stereocenters. The third kappa shape index (κ3) is 3.43. The quantitative estimate of drug-likeness (QED) is 0.753. The van der Waals surface area contributed by atoms with E-state index in [9.17, 15) is 9.59 Å². The van der Waals surface area contributed by atoms with Crippen LogP contribution in [0.3, 0.4) is 0 Å². The van der Waals surface area contributed by atoms with E-state index < -0.39 is 5.54 Å². The Balaban J connectivity index is 1.63. The molecule has 6 nitrogen and oxygen atoms in total. The second kappa shape index (κ2) is 7.50. The van der Waals surface area contributed by atoms with Gasteiger partial charge in [-0.25, -0.2) is 4.79 Å². The van der Waals surface area contributed by atoms with Gasteiger partial charge in [0.1, 0.15) is 11.3 Å². The molecular weight excluding hydrogens is 342 g/mol. The molecule has 2 saturated heterocycles. The van der Waals surface area contributed by atoms with Gasteiger partial charge in [0.2, 0.25) is 0 Å². The number of carbonyl (C=O) groups is 2. The Labute approximate surface area is 160 Å². The normalized spacial score (nSPS) is 26.8. The monoisotopic (exact) mass is 371 g/mol. The summed E-state index contributed by atoms with van der Waals surface area (Å²) in [5, 5.41) is 6.51. The summed E-state index contributed by atoms with van der Waals surface area (Å²) >= 11 is 0. The lowest BCUT2D eigenvalue weighted by Crippen LogP contribution is -2.57. The van der Waals surface area contributed by atoms with Gasteiger partial charge in [0, 0.05) is 13.0 Å². The highest BCUT2D eigenvalue weighted by Crippen LogP contribution is 2.37. The maximum atomic E-state index is 13.6. The van der Waals surface area contributed by atoms with Gasteiger partial charge >= 0.3 is 6.03 Å². The van der Waals surface area contributed by atoms with E-state index in [0.29, 0.717) is 18.9 Å². The number of ether oxygens (including phenoxy) is 1. The Bertz CT molecular complexity index is 712. The molecule has 1 aromatic carbocycles. The van der Waals surface area contributed by atoms with Crippen molar-refractivity contribution in [3.8, 4) is 5.75 Å². The van der Waals surface area contributed by atoms with E-state index in [1.165, 1.54) is 11.3 Å². The van der Waals surface area contributed by atoms with Crippen molar-refractivity contribution >= 4 is 11.9 Å². The first-order chi connectivity index (χ1) is 13.1. The number of hydrogen-bond acceptors (Lipinski definition) is 4. The number of benzene rings is 1. The molecule has 146 valence electrons. The van der Waals surface area contributed by atoms with Gasteiger partial charge in [0.25, 0.3) is 5.91 Å². The van der Waals surface area contributed by atoms with Crippen LogP contribution in [0, 0.1) is 11.8 Å². The van der Waals surface area contributed by atoms with Crippen molar-refractivity contribution in [2.75, 3.05) is 26.7 Å². The Morgan fingerprint density at radius 2 is 1.96 bits per heavy atom. The van der Waals surface area contributed by atoms with E-state index in [4.69, 9.17) is 4.74 Å². The minimum absolute atomic E-state index is 0.0332. The third-order valence-corrected chi connectivity index (χ3v) is 6.52. The van der Waals surface area contributed by atoms with Crippen molar-refractivity contribution in [3.63, 3.8) is 0 Å². The molecule has 6 heteroatoms. The van der Waals surface area contributed by atoms with Crippen LogP contribution in [-0.2, 0) is 11.2 Å². The summed E-state index contributed by atoms with van der Waals surface area (Å²) in [5.74, 6) is 1.36. The molecule has 27 heavy (non-hydrogen) atoms. The van der Waals surface area contributed by atoms with Crippen LogP contribution < -0.4 is 15.4 Å². The lowest BCUT2D eigenvalue weighted by atomic mass is 9.74. The lowest BCUT2D eigenvalue weighted by Gasteiger charge is -2.38. The van der Waals surface area contributed by atoms with Gasteiger partial charge in [-0.3, -0.25) is 9.69 Å². The summed E-state index contributed by atoms with van der Waals surface area (Å²) in [7, 11) is 1.64. The number of carbonyl (C=O) groups excluding carboxylic acids is 2. The minimum atomic E-state index is -0.838. The number of rotatable bonds is 6. The first kappa shape index (κ1) is 18.3. The number of piperidine rings is 1. The third-order valence-electron chi connectivity index (χ3n) is 6.52. The largest absolute Gasteiger partial charge is 0.497 e. The van der Waals surface area contributed by atoms with Crippen LogP contribution in [0.15, 0.2) is 24.3 Å². The van der Waals surface area contributed by atoms with Gasteiger partial charge < -0.3 is 15.4 Å². The molecule has 4 rings (SSSR count).